The van der Waals surface area contributed by atoms with Crippen molar-refractivity contribution < 1.29 is 13.6 Å². The fourth-order valence-electron chi connectivity index (χ4n) is 1.07. The molecule has 1 heterocycles. The summed E-state index contributed by atoms with van der Waals surface area (Å²) in [5, 5.41) is 2.49. The lowest BCUT2D eigenvalue weighted by Gasteiger charge is -2.04. The molecule has 0 aliphatic rings. The van der Waals surface area contributed by atoms with Crippen molar-refractivity contribution in [2.24, 2.45) is 0 Å². The van der Waals surface area contributed by atoms with Gasteiger partial charge in [0.05, 0.1) is 5.56 Å². The monoisotopic (exact) mass is 214 g/mol. The van der Waals surface area contributed by atoms with Crippen molar-refractivity contribution in [2.75, 3.05) is 6.54 Å². The Bertz CT molecular complexity index is 355. The average molecular weight is 214 g/mol. The molecule has 0 aromatic carbocycles. The molecule has 0 saturated heterocycles. The zero-order valence-electron chi connectivity index (χ0n) is 8.39. The van der Waals surface area contributed by atoms with E-state index in [4.69, 9.17) is 0 Å². The van der Waals surface area contributed by atoms with Gasteiger partial charge in [0.1, 0.15) is 0 Å². The Balaban J connectivity index is 2.69. The number of carbonyl (C=O) groups is 1. The molecule has 1 aromatic heterocycles. The number of rotatable bonds is 4. The second-order valence-corrected chi connectivity index (χ2v) is 3.07. The minimum Gasteiger partial charge on any atom is -0.352 e. The van der Waals surface area contributed by atoms with Crippen LogP contribution in [0.3, 0.4) is 0 Å². The van der Waals surface area contributed by atoms with Crippen LogP contribution in [0.2, 0.25) is 0 Å². The number of carbonyl (C=O) groups excluding carboxylic acids is 1. The first-order valence-electron chi connectivity index (χ1n) is 4.75. The lowest BCUT2D eigenvalue weighted by molar-refractivity contribution is 0.0947. The van der Waals surface area contributed by atoms with Crippen LogP contribution in [0.5, 0.6) is 0 Å². The highest BCUT2D eigenvalue weighted by atomic mass is 19.2. The van der Waals surface area contributed by atoms with Crippen molar-refractivity contribution >= 4 is 5.91 Å². The van der Waals surface area contributed by atoms with Crippen LogP contribution in [0, 0.1) is 11.8 Å². The Morgan fingerprint density at radius 3 is 2.93 bits per heavy atom. The molecule has 15 heavy (non-hydrogen) atoms. The number of hydrogen-bond acceptors (Lipinski definition) is 2. The summed E-state index contributed by atoms with van der Waals surface area (Å²) in [5.41, 5.74) is -0.307. The second-order valence-electron chi connectivity index (χ2n) is 3.07. The van der Waals surface area contributed by atoms with Crippen LogP contribution in [0.15, 0.2) is 12.3 Å². The molecule has 0 saturated carbocycles. The van der Waals surface area contributed by atoms with Gasteiger partial charge in [-0.15, -0.1) is 0 Å². The van der Waals surface area contributed by atoms with Crippen LogP contribution in [0.1, 0.15) is 30.1 Å². The maximum absolute atomic E-state index is 13.1. The van der Waals surface area contributed by atoms with Crippen molar-refractivity contribution in [3.05, 3.63) is 29.6 Å². The highest BCUT2D eigenvalue weighted by molar-refractivity contribution is 5.94. The van der Waals surface area contributed by atoms with Gasteiger partial charge in [-0.05, 0) is 12.5 Å². The molecule has 0 aliphatic heterocycles. The number of nitrogens with one attached hydrogen (secondary N) is 1. The highest BCUT2D eigenvalue weighted by Gasteiger charge is 2.15. The van der Waals surface area contributed by atoms with Gasteiger partial charge in [0.15, 0.2) is 5.82 Å². The van der Waals surface area contributed by atoms with E-state index in [1.54, 1.807) is 0 Å². The molecule has 3 nitrogen and oxygen atoms in total. The van der Waals surface area contributed by atoms with E-state index in [1.807, 2.05) is 6.92 Å². The summed E-state index contributed by atoms with van der Waals surface area (Å²) in [5.74, 6) is -3.06. The van der Waals surface area contributed by atoms with E-state index in [1.165, 1.54) is 0 Å². The first-order valence-corrected chi connectivity index (χ1v) is 4.75. The molecule has 1 rings (SSSR count). The minimum absolute atomic E-state index is 0.307. The van der Waals surface area contributed by atoms with Crippen molar-refractivity contribution in [1.82, 2.24) is 10.3 Å². The van der Waals surface area contributed by atoms with Gasteiger partial charge in [-0.25, -0.2) is 9.37 Å². The quantitative estimate of drug-likeness (QED) is 0.614. The lowest BCUT2D eigenvalue weighted by atomic mass is 10.2. The topological polar surface area (TPSA) is 42.0 Å². The third kappa shape index (κ3) is 2.97. The van der Waals surface area contributed by atoms with Crippen LogP contribution in [-0.2, 0) is 0 Å². The molecule has 0 bridgehead atoms. The molecule has 0 fully saturated rings. The smallest absolute Gasteiger partial charge is 0.254 e. The largest absolute Gasteiger partial charge is 0.352 e. The zero-order valence-corrected chi connectivity index (χ0v) is 8.39. The van der Waals surface area contributed by atoms with Crippen LogP contribution >= 0.6 is 0 Å². The normalized spacial score (nSPS) is 10.1. The van der Waals surface area contributed by atoms with Crippen molar-refractivity contribution in [1.29, 1.82) is 0 Å². The van der Waals surface area contributed by atoms with Crippen molar-refractivity contribution in [3.8, 4) is 0 Å². The Labute approximate surface area is 86.5 Å². The zero-order chi connectivity index (χ0) is 11.3. The van der Waals surface area contributed by atoms with E-state index >= 15 is 0 Å². The number of unbranched alkanes of at least 4 members (excludes halogenated alkanes) is 1. The summed E-state index contributed by atoms with van der Waals surface area (Å²) in [7, 11) is 0. The molecular formula is C10H12F2N2O. The fraction of sp³-hybridized carbons (Fsp3) is 0.400. The predicted molar refractivity (Wildman–Crippen MR) is 51.4 cm³/mol. The summed E-state index contributed by atoms with van der Waals surface area (Å²) >= 11 is 0. The first kappa shape index (κ1) is 11.6. The summed E-state index contributed by atoms with van der Waals surface area (Å²) in [4.78, 5) is 14.4. The number of nitrogens with zero attached hydrogens (tertiary/aromatic N) is 1. The van der Waals surface area contributed by atoms with Gasteiger partial charge in [-0.2, -0.15) is 4.39 Å². The van der Waals surface area contributed by atoms with Crippen LogP contribution < -0.4 is 5.32 Å². The van der Waals surface area contributed by atoms with Gasteiger partial charge in [0, 0.05) is 12.7 Å². The summed E-state index contributed by atoms with van der Waals surface area (Å²) in [6.07, 6.45) is 2.79. The molecule has 1 N–H and O–H groups in total. The molecule has 1 amide bonds. The van der Waals surface area contributed by atoms with Crippen LogP contribution in [-0.4, -0.2) is 17.4 Å². The lowest BCUT2D eigenvalue weighted by Crippen LogP contribution is -2.25. The molecular weight excluding hydrogens is 202 g/mol. The van der Waals surface area contributed by atoms with E-state index in [2.05, 4.69) is 10.3 Å². The number of halogens is 2. The summed E-state index contributed by atoms with van der Waals surface area (Å²) < 4.78 is 25.7. The number of amides is 1. The molecule has 0 aliphatic carbocycles. The molecule has 82 valence electrons. The van der Waals surface area contributed by atoms with Crippen molar-refractivity contribution in [2.45, 2.75) is 19.8 Å². The molecule has 0 spiro atoms. The Morgan fingerprint density at radius 1 is 1.53 bits per heavy atom. The number of hydrogen-bond donors (Lipinski definition) is 1. The standard InChI is InChI=1S/C10H12F2N2O/c1-2-3-5-14-10(15)7-4-6-13-9(12)8(7)11/h4,6H,2-3,5H2,1H3,(H,14,15). The first-order chi connectivity index (χ1) is 7.16. The maximum Gasteiger partial charge on any atom is 0.254 e. The Morgan fingerprint density at radius 2 is 2.27 bits per heavy atom. The van der Waals surface area contributed by atoms with Gasteiger partial charge >= 0.3 is 0 Å². The van der Waals surface area contributed by atoms with Gasteiger partial charge < -0.3 is 5.32 Å². The van der Waals surface area contributed by atoms with Crippen molar-refractivity contribution in [3.63, 3.8) is 0 Å². The third-order valence-electron chi connectivity index (χ3n) is 1.91. The Kier molecular flexibility index (Phi) is 4.15. The van der Waals surface area contributed by atoms with Crippen LogP contribution in [0.25, 0.3) is 0 Å². The Hall–Kier alpha value is -1.52. The number of pyridine rings is 1. The summed E-state index contributed by atoms with van der Waals surface area (Å²) in [6, 6.07) is 1.15. The minimum atomic E-state index is -1.25. The molecule has 5 heteroatoms. The highest BCUT2D eigenvalue weighted by Crippen LogP contribution is 2.08. The predicted octanol–water partition coefficient (Wildman–Crippen LogP) is 1.89. The van der Waals surface area contributed by atoms with E-state index < -0.39 is 17.7 Å². The summed E-state index contributed by atoms with van der Waals surface area (Å²) in [6.45, 7) is 2.43. The van der Waals surface area contributed by atoms with E-state index in [0.717, 1.165) is 25.1 Å². The molecule has 1 aromatic rings. The van der Waals surface area contributed by atoms with E-state index in [9.17, 15) is 13.6 Å². The SMILES string of the molecule is CCCCNC(=O)c1ccnc(F)c1F. The van der Waals surface area contributed by atoms with Gasteiger partial charge in [0.2, 0.25) is 5.95 Å². The maximum atomic E-state index is 13.1. The second kappa shape index (κ2) is 5.38. The van der Waals surface area contributed by atoms with Gasteiger partial charge in [-0.1, -0.05) is 13.3 Å². The third-order valence-corrected chi connectivity index (χ3v) is 1.91. The number of aromatic nitrogens is 1. The van der Waals surface area contributed by atoms with E-state index in [0.29, 0.717) is 6.54 Å². The van der Waals surface area contributed by atoms with Crippen LogP contribution in [0.4, 0.5) is 8.78 Å². The average Bonchev–Trinajstić information content (AvgIpc) is 2.22. The molecule has 0 radical (unpaired) electrons. The molecule has 0 atom stereocenters. The fourth-order valence-corrected chi connectivity index (χ4v) is 1.07. The van der Waals surface area contributed by atoms with E-state index in [-0.39, 0.29) is 5.56 Å². The van der Waals surface area contributed by atoms with Gasteiger partial charge in [0.25, 0.3) is 5.91 Å². The van der Waals surface area contributed by atoms with Gasteiger partial charge in [-0.3, -0.25) is 4.79 Å². The molecule has 0 unspecified atom stereocenters.